The van der Waals surface area contributed by atoms with E-state index in [4.69, 9.17) is 4.52 Å². The highest BCUT2D eigenvalue weighted by atomic mass is 16.5. The maximum atomic E-state index is 12.1. The molecule has 0 bridgehead atoms. The first-order chi connectivity index (χ1) is 10.2. The normalized spacial score (nSPS) is 18.6. The van der Waals surface area contributed by atoms with E-state index in [1.54, 1.807) is 19.3 Å². The van der Waals surface area contributed by atoms with Gasteiger partial charge in [-0.15, -0.1) is 0 Å². The molecule has 2 N–H and O–H groups in total. The standard InChI is InChI=1S/C13H18N6O2/c1-9-17-12(18-21-9)7-15-13(20)10-5-16-19(8-10)11-3-2-4-14-6-11/h5,8,11,14H,2-4,6-7H2,1H3,(H,15,20). The number of nitrogens with one attached hydrogen (secondary N) is 2. The molecule has 0 spiro atoms. The van der Waals surface area contributed by atoms with Crippen LogP contribution >= 0.6 is 0 Å². The van der Waals surface area contributed by atoms with Gasteiger partial charge in [-0.1, -0.05) is 5.16 Å². The molecule has 3 rings (SSSR count). The molecular formula is C13H18N6O2. The Kier molecular flexibility index (Phi) is 3.96. The van der Waals surface area contributed by atoms with Crippen molar-refractivity contribution in [3.05, 3.63) is 29.7 Å². The fourth-order valence-electron chi connectivity index (χ4n) is 2.39. The zero-order valence-electron chi connectivity index (χ0n) is 11.9. The van der Waals surface area contributed by atoms with Crippen LogP contribution in [-0.4, -0.2) is 38.9 Å². The highest BCUT2D eigenvalue weighted by molar-refractivity contribution is 5.93. The van der Waals surface area contributed by atoms with Crippen molar-refractivity contribution in [3.8, 4) is 0 Å². The predicted octanol–water partition coefficient (Wildman–Crippen LogP) is 0.429. The molecule has 0 saturated carbocycles. The summed E-state index contributed by atoms with van der Waals surface area (Å²) < 4.78 is 6.71. The average molecular weight is 290 g/mol. The van der Waals surface area contributed by atoms with Gasteiger partial charge in [0.2, 0.25) is 5.89 Å². The Morgan fingerprint density at radius 3 is 3.24 bits per heavy atom. The van der Waals surface area contributed by atoms with Crippen molar-refractivity contribution in [1.29, 1.82) is 0 Å². The molecule has 1 fully saturated rings. The largest absolute Gasteiger partial charge is 0.345 e. The first-order valence-electron chi connectivity index (χ1n) is 7.04. The van der Waals surface area contributed by atoms with Gasteiger partial charge in [-0.05, 0) is 19.4 Å². The SMILES string of the molecule is Cc1nc(CNC(=O)c2cnn(C3CCCNC3)c2)no1. The molecule has 8 nitrogen and oxygen atoms in total. The second-order valence-electron chi connectivity index (χ2n) is 5.12. The van der Waals surface area contributed by atoms with E-state index in [9.17, 15) is 4.79 Å². The summed E-state index contributed by atoms with van der Waals surface area (Å²) >= 11 is 0. The van der Waals surface area contributed by atoms with Crippen molar-refractivity contribution in [3.63, 3.8) is 0 Å². The fourth-order valence-corrected chi connectivity index (χ4v) is 2.39. The van der Waals surface area contributed by atoms with Crippen molar-refractivity contribution in [2.75, 3.05) is 13.1 Å². The maximum absolute atomic E-state index is 12.1. The van der Waals surface area contributed by atoms with Gasteiger partial charge >= 0.3 is 0 Å². The molecule has 1 saturated heterocycles. The molecule has 112 valence electrons. The molecular weight excluding hydrogens is 272 g/mol. The first-order valence-corrected chi connectivity index (χ1v) is 7.04. The van der Waals surface area contributed by atoms with Crippen LogP contribution in [0, 0.1) is 6.92 Å². The Morgan fingerprint density at radius 2 is 2.52 bits per heavy atom. The molecule has 1 amide bonds. The van der Waals surface area contributed by atoms with Crippen molar-refractivity contribution in [2.24, 2.45) is 0 Å². The summed E-state index contributed by atoms with van der Waals surface area (Å²) in [7, 11) is 0. The number of aryl methyl sites for hydroxylation is 1. The van der Waals surface area contributed by atoms with Gasteiger partial charge < -0.3 is 15.2 Å². The van der Waals surface area contributed by atoms with Gasteiger partial charge in [0, 0.05) is 19.7 Å². The van der Waals surface area contributed by atoms with Gasteiger partial charge in [-0.2, -0.15) is 10.1 Å². The van der Waals surface area contributed by atoms with Crippen LogP contribution in [0.3, 0.4) is 0 Å². The van der Waals surface area contributed by atoms with E-state index in [1.807, 2.05) is 4.68 Å². The molecule has 3 heterocycles. The van der Waals surface area contributed by atoms with Crippen LogP contribution in [0.2, 0.25) is 0 Å². The van der Waals surface area contributed by atoms with Gasteiger partial charge in [-0.25, -0.2) is 0 Å². The summed E-state index contributed by atoms with van der Waals surface area (Å²) in [5.41, 5.74) is 0.542. The second kappa shape index (κ2) is 6.04. The number of piperidine rings is 1. The minimum Gasteiger partial charge on any atom is -0.345 e. The summed E-state index contributed by atoms with van der Waals surface area (Å²) in [4.78, 5) is 16.1. The highest BCUT2D eigenvalue weighted by Crippen LogP contribution is 2.16. The van der Waals surface area contributed by atoms with Crippen molar-refractivity contribution in [2.45, 2.75) is 32.4 Å². The second-order valence-corrected chi connectivity index (χ2v) is 5.12. The number of hydrogen-bond acceptors (Lipinski definition) is 6. The van der Waals surface area contributed by atoms with Crippen molar-refractivity contribution >= 4 is 5.91 Å². The van der Waals surface area contributed by atoms with E-state index < -0.39 is 0 Å². The predicted molar refractivity (Wildman–Crippen MR) is 73.6 cm³/mol. The molecule has 0 aromatic carbocycles. The Labute approximate surface area is 121 Å². The molecule has 1 atom stereocenters. The Hall–Kier alpha value is -2.22. The van der Waals surface area contributed by atoms with E-state index in [-0.39, 0.29) is 12.5 Å². The van der Waals surface area contributed by atoms with E-state index >= 15 is 0 Å². The summed E-state index contributed by atoms with van der Waals surface area (Å²) in [6, 6.07) is 0.320. The average Bonchev–Trinajstić information content (AvgIpc) is 3.15. The minimum absolute atomic E-state index is 0.188. The Morgan fingerprint density at radius 1 is 1.62 bits per heavy atom. The quantitative estimate of drug-likeness (QED) is 0.847. The monoisotopic (exact) mass is 290 g/mol. The van der Waals surface area contributed by atoms with Crippen LogP contribution in [0.4, 0.5) is 0 Å². The molecule has 0 radical (unpaired) electrons. The minimum atomic E-state index is -0.188. The van der Waals surface area contributed by atoms with Crippen LogP contribution in [0.15, 0.2) is 16.9 Å². The van der Waals surface area contributed by atoms with Crippen molar-refractivity contribution < 1.29 is 9.32 Å². The topological polar surface area (TPSA) is 97.9 Å². The lowest BCUT2D eigenvalue weighted by Crippen LogP contribution is -2.31. The number of hydrogen-bond donors (Lipinski definition) is 2. The van der Waals surface area contributed by atoms with Gasteiger partial charge in [0.25, 0.3) is 5.91 Å². The zero-order chi connectivity index (χ0) is 14.7. The van der Waals surface area contributed by atoms with Gasteiger partial charge in [0.1, 0.15) is 0 Å². The molecule has 21 heavy (non-hydrogen) atoms. The number of nitrogens with zero attached hydrogens (tertiary/aromatic N) is 4. The lowest BCUT2D eigenvalue weighted by atomic mass is 10.1. The van der Waals surface area contributed by atoms with Crippen LogP contribution in [0.1, 0.15) is 41.0 Å². The van der Waals surface area contributed by atoms with Crippen LogP contribution in [-0.2, 0) is 6.54 Å². The molecule has 1 unspecified atom stereocenters. The zero-order valence-corrected chi connectivity index (χ0v) is 11.9. The summed E-state index contributed by atoms with van der Waals surface area (Å²) in [6.45, 7) is 3.90. The van der Waals surface area contributed by atoms with Gasteiger partial charge in [0.05, 0.1) is 24.3 Å². The lowest BCUT2D eigenvalue weighted by molar-refractivity contribution is 0.0949. The third-order valence-corrected chi connectivity index (χ3v) is 3.49. The van der Waals surface area contributed by atoms with E-state index in [1.165, 1.54) is 0 Å². The number of carbonyl (C=O) groups is 1. The Bertz CT molecular complexity index is 614. The van der Waals surface area contributed by atoms with E-state index in [2.05, 4.69) is 25.9 Å². The van der Waals surface area contributed by atoms with E-state index in [0.29, 0.717) is 23.3 Å². The van der Waals surface area contributed by atoms with Crippen LogP contribution in [0.25, 0.3) is 0 Å². The number of aromatic nitrogens is 4. The molecule has 1 aliphatic rings. The number of carbonyl (C=O) groups excluding carboxylic acids is 1. The number of rotatable bonds is 4. The Balaban J connectivity index is 1.58. The smallest absolute Gasteiger partial charge is 0.254 e. The van der Waals surface area contributed by atoms with Crippen LogP contribution < -0.4 is 10.6 Å². The molecule has 2 aromatic heterocycles. The highest BCUT2D eigenvalue weighted by Gasteiger charge is 2.17. The third kappa shape index (κ3) is 3.27. The van der Waals surface area contributed by atoms with Crippen molar-refractivity contribution in [1.82, 2.24) is 30.6 Å². The summed E-state index contributed by atoms with van der Waals surface area (Å²) in [6.07, 6.45) is 5.58. The third-order valence-electron chi connectivity index (χ3n) is 3.49. The summed E-state index contributed by atoms with van der Waals surface area (Å²) in [5.74, 6) is 0.758. The van der Waals surface area contributed by atoms with Gasteiger partial charge in [-0.3, -0.25) is 9.48 Å². The van der Waals surface area contributed by atoms with Crippen LogP contribution in [0.5, 0.6) is 0 Å². The number of amides is 1. The van der Waals surface area contributed by atoms with Gasteiger partial charge in [0.15, 0.2) is 5.82 Å². The lowest BCUT2D eigenvalue weighted by Gasteiger charge is -2.22. The first kappa shape index (κ1) is 13.7. The molecule has 0 aliphatic carbocycles. The maximum Gasteiger partial charge on any atom is 0.254 e. The molecule has 1 aliphatic heterocycles. The van der Waals surface area contributed by atoms with E-state index in [0.717, 1.165) is 25.9 Å². The molecule has 2 aromatic rings. The molecule has 8 heteroatoms. The summed E-state index contributed by atoms with van der Waals surface area (Å²) in [5, 5.41) is 14.1. The fraction of sp³-hybridized carbons (Fsp3) is 0.538.